The number of likely N-dealkylation sites (N-methyl/N-ethyl adjacent to an activating group) is 1. The molecule has 0 saturated carbocycles. The van der Waals surface area contributed by atoms with E-state index >= 15 is 0 Å². The van der Waals surface area contributed by atoms with Gasteiger partial charge in [0, 0.05) is 11.6 Å². The van der Waals surface area contributed by atoms with E-state index < -0.39 is 0 Å². The van der Waals surface area contributed by atoms with Gasteiger partial charge in [-0.15, -0.1) is 0 Å². The Bertz CT molecular complexity index is 567. The summed E-state index contributed by atoms with van der Waals surface area (Å²) >= 11 is 0. The predicted octanol–water partition coefficient (Wildman–Crippen LogP) is 1.53. The number of aromatic nitrogens is 2. The minimum atomic E-state index is 0.0910. The molecule has 6 heteroatoms. The number of hydrogen-bond donors (Lipinski definition) is 2. The second-order valence-electron chi connectivity index (χ2n) is 4.81. The molecule has 0 amide bonds. The van der Waals surface area contributed by atoms with Gasteiger partial charge in [0.05, 0.1) is 19.1 Å². The van der Waals surface area contributed by atoms with Gasteiger partial charge in [-0.2, -0.15) is 4.98 Å². The van der Waals surface area contributed by atoms with E-state index in [4.69, 9.17) is 9.26 Å². The normalized spacial score (nSPS) is 22.2. The zero-order chi connectivity index (χ0) is 13.9. The van der Waals surface area contributed by atoms with Crippen molar-refractivity contribution in [3.63, 3.8) is 0 Å². The van der Waals surface area contributed by atoms with Crippen LogP contribution in [0.5, 0.6) is 5.75 Å². The molecule has 2 unspecified atom stereocenters. The molecule has 2 N–H and O–H groups in total. The summed E-state index contributed by atoms with van der Waals surface area (Å²) in [6, 6.07) is 6.94. The van der Waals surface area contributed by atoms with Crippen LogP contribution in [0.3, 0.4) is 0 Å². The summed E-state index contributed by atoms with van der Waals surface area (Å²) in [5.74, 6) is 1.43. The molecule has 1 aromatic carbocycles. The zero-order valence-corrected chi connectivity index (χ0v) is 11.2. The molecule has 0 spiro atoms. The number of benzene rings is 1. The van der Waals surface area contributed by atoms with Crippen LogP contribution < -0.4 is 5.32 Å². The molecule has 1 aromatic heterocycles. The molecule has 1 aliphatic heterocycles. The summed E-state index contributed by atoms with van der Waals surface area (Å²) in [4.78, 5) is 4.45. The summed E-state index contributed by atoms with van der Waals surface area (Å²) < 4.78 is 10.9. The monoisotopic (exact) mass is 275 g/mol. The highest BCUT2D eigenvalue weighted by Crippen LogP contribution is 2.27. The highest BCUT2D eigenvalue weighted by Gasteiger charge is 2.33. The maximum Gasteiger partial charge on any atom is 0.234 e. The van der Waals surface area contributed by atoms with Gasteiger partial charge in [0.2, 0.25) is 11.7 Å². The zero-order valence-electron chi connectivity index (χ0n) is 11.2. The molecule has 3 rings (SSSR count). The molecule has 6 nitrogen and oxygen atoms in total. The number of nitrogens with one attached hydrogen (secondary N) is 1. The lowest BCUT2D eigenvalue weighted by atomic mass is 10.0. The Labute approximate surface area is 116 Å². The first-order valence-electron chi connectivity index (χ1n) is 6.72. The van der Waals surface area contributed by atoms with Crippen molar-refractivity contribution in [2.45, 2.75) is 18.9 Å². The summed E-state index contributed by atoms with van der Waals surface area (Å²) in [7, 11) is 0. The SMILES string of the molecule is CCNC1COCC1c1nc(-c2ccc(O)cc2)no1. The number of aromatic hydroxyl groups is 1. The van der Waals surface area contributed by atoms with E-state index in [1.54, 1.807) is 24.3 Å². The lowest BCUT2D eigenvalue weighted by molar-refractivity contribution is 0.185. The lowest BCUT2D eigenvalue weighted by Gasteiger charge is -2.13. The number of phenolic OH excluding ortho intramolecular Hbond substituents is 1. The first-order valence-corrected chi connectivity index (χ1v) is 6.72. The molecule has 0 bridgehead atoms. The van der Waals surface area contributed by atoms with E-state index in [1.165, 1.54) is 0 Å². The molecule has 20 heavy (non-hydrogen) atoms. The first-order chi connectivity index (χ1) is 9.78. The van der Waals surface area contributed by atoms with Crippen molar-refractivity contribution in [1.82, 2.24) is 15.5 Å². The fraction of sp³-hybridized carbons (Fsp3) is 0.429. The van der Waals surface area contributed by atoms with Gasteiger partial charge in [-0.1, -0.05) is 12.1 Å². The van der Waals surface area contributed by atoms with Crippen molar-refractivity contribution in [3.8, 4) is 17.1 Å². The van der Waals surface area contributed by atoms with Crippen molar-refractivity contribution in [3.05, 3.63) is 30.2 Å². The second-order valence-corrected chi connectivity index (χ2v) is 4.81. The van der Waals surface area contributed by atoms with Crippen LogP contribution in [0.15, 0.2) is 28.8 Å². The Morgan fingerprint density at radius 3 is 2.85 bits per heavy atom. The fourth-order valence-corrected chi connectivity index (χ4v) is 2.37. The van der Waals surface area contributed by atoms with Crippen LogP contribution in [0, 0.1) is 0 Å². The maximum atomic E-state index is 9.29. The molecular weight excluding hydrogens is 258 g/mol. The minimum absolute atomic E-state index is 0.0910. The third-order valence-electron chi connectivity index (χ3n) is 3.43. The Balaban J connectivity index is 1.81. The number of nitrogens with zero attached hydrogens (tertiary/aromatic N) is 2. The maximum absolute atomic E-state index is 9.29. The minimum Gasteiger partial charge on any atom is -0.508 e. The standard InChI is InChI=1S/C14H17N3O3/c1-2-15-12-8-19-7-11(12)14-16-13(17-20-14)9-3-5-10(18)6-4-9/h3-6,11-12,15,18H,2,7-8H2,1H3. The van der Waals surface area contributed by atoms with Crippen LogP contribution in [0.2, 0.25) is 0 Å². The summed E-state index contributed by atoms with van der Waals surface area (Å²) in [5.41, 5.74) is 0.816. The number of rotatable bonds is 4. The first kappa shape index (κ1) is 13.1. The number of ether oxygens (including phenoxy) is 1. The van der Waals surface area contributed by atoms with E-state index in [9.17, 15) is 5.11 Å². The van der Waals surface area contributed by atoms with Crippen molar-refractivity contribution in [1.29, 1.82) is 0 Å². The van der Waals surface area contributed by atoms with Gasteiger partial charge < -0.3 is 19.7 Å². The van der Waals surface area contributed by atoms with Crippen LogP contribution in [0.25, 0.3) is 11.4 Å². The van der Waals surface area contributed by atoms with Gasteiger partial charge in [0.25, 0.3) is 0 Å². The fourth-order valence-electron chi connectivity index (χ4n) is 2.37. The molecular formula is C14H17N3O3. The largest absolute Gasteiger partial charge is 0.508 e. The molecule has 1 aliphatic rings. The van der Waals surface area contributed by atoms with Gasteiger partial charge in [-0.3, -0.25) is 0 Å². The van der Waals surface area contributed by atoms with E-state index in [0.717, 1.165) is 12.1 Å². The van der Waals surface area contributed by atoms with Crippen LogP contribution in [-0.4, -0.2) is 41.0 Å². The Morgan fingerprint density at radius 1 is 1.30 bits per heavy atom. The van der Waals surface area contributed by atoms with Crippen LogP contribution in [0.4, 0.5) is 0 Å². The van der Waals surface area contributed by atoms with E-state index in [-0.39, 0.29) is 17.7 Å². The lowest BCUT2D eigenvalue weighted by Crippen LogP contribution is -2.34. The number of hydrogen-bond acceptors (Lipinski definition) is 6. The quantitative estimate of drug-likeness (QED) is 0.881. The van der Waals surface area contributed by atoms with Gasteiger partial charge in [0.15, 0.2) is 0 Å². The van der Waals surface area contributed by atoms with Gasteiger partial charge in [-0.05, 0) is 30.8 Å². The van der Waals surface area contributed by atoms with Crippen LogP contribution >= 0.6 is 0 Å². The van der Waals surface area contributed by atoms with Gasteiger partial charge >= 0.3 is 0 Å². The smallest absolute Gasteiger partial charge is 0.234 e. The average Bonchev–Trinajstić information content (AvgIpc) is 3.08. The van der Waals surface area contributed by atoms with E-state index in [0.29, 0.717) is 24.9 Å². The molecule has 0 aliphatic carbocycles. The van der Waals surface area contributed by atoms with Crippen molar-refractivity contribution < 1.29 is 14.4 Å². The summed E-state index contributed by atoms with van der Waals surface area (Å²) in [6.07, 6.45) is 0. The molecule has 106 valence electrons. The molecule has 1 saturated heterocycles. The van der Waals surface area contributed by atoms with Crippen molar-refractivity contribution in [2.75, 3.05) is 19.8 Å². The highest BCUT2D eigenvalue weighted by atomic mass is 16.5. The number of phenols is 1. The van der Waals surface area contributed by atoms with Gasteiger partial charge in [0.1, 0.15) is 5.75 Å². The van der Waals surface area contributed by atoms with Crippen LogP contribution in [0.1, 0.15) is 18.7 Å². The highest BCUT2D eigenvalue weighted by molar-refractivity contribution is 5.55. The third kappa shape index (κ3) is 2.52. The Hall–Kier alpha value is -1.92. The molecule has 2 heterocycles. The second kappa shape index (κ2) is 5.60. The Morgan fingerprint density at radius 2 is 2.10 bits per heavy atom. The van der Waals surface area contributed by atoms with Gasteiger partial charge in [-0.25, -0.2) is 0 Å². The third-order valence-corrected chi connectivity index (χ3v) is 3.43. The topological polar surface area (TPSA) is 80.4 Å². The molecule has 2 atom stereocenters. The van der Waals surface area contributed by atoms with Crippen LogP contribution in [-0.2, 0) is 4.74 Å². The molecule has 0 radical (unpaired) electrons. The van der Waals surface area contributed by atoms with Crippen molar-refractivity contribution >= 4 is 0 Å². The Kier molecular flexibility index (Phi) is 3.66. The van der Waals surface area contributed by atoms with E-state index in [1.807, 2.05) is 0 Å². The summed E-state index contributed by atoms with van der Waals surface area (Å²) in [5, 5.41) is 16.7. The summed E-state index contributed by atoms with van der Waals surface area (Å²) in [6.45, 7) is 4.19. The predicted molar refractivity (Wildman–Crippen MR) is 72.4 cm³/mol. The van der Waals surface area contributed by atoms with Crippen molar-refractivity contribution in [2.24, 2.45) is 0 Å². The van der Waals surface area contributed by atoms with E-state index in [2.05, 4.69) is 22.4 Å². The molecule has 1 fully saturated rings. The molecule has 2 aromatic rings. The average molecular weight is 275 g/mol.